The molecule has 0 bridgehead atoms. The van der Waals surface area contributed by atoms with Gasteiger partial charge in [0.2, 0.25) is 10.0 Å². The molecule has 0 atom stereocenters. The topological polar surface area (TPSA) is 60.2 Å². The average molecular weight is 149 g/mol. The molecule has 0 unspecified atom stereocenters. The normalized spacial score (nSPS) is 12.7. The summed E-state index contributed by atoms with van der Waals surface area (Å²) in [6, 6.07) is 0. The summed E-state index contributed by atoms with van der Waals surface area (Å²) in [6.07, 6.45) is 4.07. The van der Waals surface area contributed by atoms with Gasteiger partial charge >= 0.3 is 0 Å². The van der Waals surface area contributed by atoms with E-state index in [1.54, 1.807) is 12.2 Å². The van der Waals surface area contributed by atoms with Gasteiger partial charge in [-0.05, 0) is 13.3 Å². The maximum absolute atomic E-state index is 10.2. The number of sulfonamides is 1. The van der Waals surface area contributed by atoms with Gasteiger partial charge in [-0.15, -0.1) is 0 Å². The Morgan fingerprint density at radius 3 is 2.44 bits per heavy atom. The Bertz CT molecular complexity index is 181. The summed E-state index contributed by atoms with van der Waals surface area (Å²) in [6.45, 7) is 1.84. The third-order valence-electron chi connectivity index (χ3n) is 0.805. The highest BCUT2D eigenvalue weighted by Crippen LogP contribution is 1.86. The fourth-order valence-electron chi connectivity index (χ4n) is 0.399. The van der Waals surface area contributed by atoms with Crippen molar-refractivity contribution < 1.29 is 8.42 Å². The fourth-order valence-corrected chi connectivity index (χ4v) is 0.864. The van der Waals surface area contributed by atoms with E-state index in [4.69, 9.17) is 5.14 Å². The number of primary sulfonamides is 1. The van der Waals surface area contributed by atoms with Crippen LogP contribution in [0, 0.1) is 0 Å². The first-order valence-corrected chi connectivity index (χ1v) is 4.39. The Hall–Kier alpha value is -0.350. The second-order valence-electron chi connectivity index (χ2n) is 1.72. The first kappa shape index (κ1) is 8.65. The molecular weight excluding hydrogens is 138 g/mol. The highest BCUT2D eigenvalue weighted by atomic mass is 32.2. The van der Waals surface area contributed by atoms with Gasteiger partial charge in [0.05, 0.1) is 5.75 Å². The van der Waals surface area contributed by atoms with Gasteiger partial charge in [0.1, 0.15) is 0 Å². The van der Waals surface area contributed by atoms with E-state index in [-0.39, 0.29) is 5.75 Å². The molecule has 0 heterocycles. The summed E-state index contributed by atoms with van der Waals surface area (Å²) < 4.78 is 20.5. The zero-order chi connectivity index (χ0) is 7.33. The zero-order valence-corrected chi connectivity index (χ0v) is 6.19. The van der Waals surface area contributed by atoms with E-state index in [0.717, 1.165) is 0 Å². The Balaban J connectivity index is 3.53. The fraction of sp³-hybridized carbons (Fsp3) is 0.600. The first-order chi connectivity index (χ1) is 4.06. The Morgan fingerprint density at radius 2 is 2.11 bits per heavy atom. The number of nitrogens with two attached hydrogens (primary N) is 1. The molecule has 0 saturated carbocycles. The quantitative estimate of drug-likeness (QED) is 0.584. The maximum atomic E-state index is 10.2. The molecule has 4 heteroatoms. The Labute approximate surface area is 55.6 Å². The molecule has 54 valence electrons. The zero-order valence-electron chi connectivity index (χ0n) is 5.37. The lowest BCUT2D eigenvalue weighted by Crippen LogP contribution is -2.15. The van der Waals surface area contributed by atoms with Crippen LogP contribution >= 0.6 is 0 Å². The van der Waals surface area contributed by atoms with Crippen LogP contribution in [0.2, 0.25) is 0 Å². The van der Waals surface area contributed by atoms with Crippen molar-refractivity contribution in [3.05, 3.63) is 12.2 Å². The molecule has 0 saturated heterocycles. The highest BCUT2D eigenvalue weighted by molar-refractivity contribution is 7.89. The van der Waals surface area contributed by atoms with Crippen LogP contribution in [0.25, 0.3) is 0 Å². The third-order valence-corrected chi connectivity index (χ3v) is 1.61. The van der Waals surface area contributed by atoms with Crippen molar-refractivity contribution in [3.63, 3.8) is 0 Å². The van der Waals surface area contributed by atoms with Gasteiger partial charge in [-0.1, -0.05) is 12.2 Å². The number of hydrogen-bond donors (Lipinski definition) is 1. The minimum Gasteiger partial charge on any atom is -0.229 e. The molecule has 0 aliphatic heterocycles. The lowest BCUT2D eigenvalue weighted by Gasteiger charge is -1.89. The minimum atomic E-state index is -3.25. The van der Waals surface area contributed by atoms with Gasteiger partial charge in [-0.25, -0.2) is 13.6 Å². The predicted molar refractivity (Wildman–Crippen MR) is 37.4 cm³/mol. The van der Waals surface area contributed by atoms with Crippen LogP contribution in [0.3, 0.4) is 0 Å². The SMILES string of the molecule is CC=CCCS(N)(=O)=O. The Morgan fingerprint density at radius 1 is 1.56 bits per heavy atom. The summed E-state index contributed by atoms with van der Waals surface area (Å²) >= 11 is 0. The van der Waals surface area contributed by atoms with Gasteiger partial charge in [-0.3, -0.25) is 0 Å². The Kier molecular flexibility index (Phi) is 3.49. The molecule has 0 aromatic heterocycles. The van der Waals surface area contributed by atoms with Gasteiger partial charge in [0, 0.05) is 0 Å². The largest absolute Gasteiger partial charge is 0.229 e. The lowest BCUT2D eigenvalue weighted by atomic mass is 10.4. The smallest absolute Gasteiger partial charge is 0.209 e. The molecule has 0 amide bonds. The molecule has 0 radical (unpaired) electrons. The van der Waals surface area contributed by atoms with E-state index in [1.165, 1.54) is 0 Å². The molecule has 0 aromatic carbocycles. The van der Waals surface area contributed by atoms with Crippen molar-refractivity contribution >= 4 is 10.0 Å². The van der Waals surface area contributed by atoms with Crippen LogP contribution < -0.4 is 5.14 Å². The van der Waals surface area contributed by atoms with Crippen LogP contribution in [0.5, 0.6) is 0 Å². The summed E-state index contributed by atoms with van der Waals surface area (Å²) in [4.78, 5) is 0. The molecular formula is C5H11NO2S. The van der Waals surface area contributed by atoms with Crippen LogP contribution in [0.4, 0.5) is 0 Å². The van der Waals surface area contributed by atoms with Crippen molar-refractivity contribution in [2.24, 2.45) is 5.14 Å². The van der Waals surface area contributed by atoms with Gasteiger partial charge in [-0.2, -0.15) is 0 Å². The van der Waals surface area contributed by atoms with Crippen molar-refractivity contribution in [1.82, 2.24) is 0 Å². The van der Waals surface area contributed by atoms with Crippen molar-refractivity contribution in [1.29, 1.82) is 0 Å². The van der Waals surface area contributed by atoms with Crippen LogP contribution in [-0.4, -0.2) is 14.2 Å². The number of rotatable bonds is 3. The predicted octanol–water partition coefficient (Wildman–Crippen LogP) is 0.241. The maximum Gasteiger partial charge on any atom is 0.209 e. The first-order valence-electron chi connectivity index (χ1n) is 2.68. The van der Waals surface area contributed by atoms with Crippen LogP contribution in [0.1, 0.15) is 13.3 Å². The molecule has 0 aliphatic carbocycles. The summed E-state index contributed by atoms with van der Waals surface area (Å²) in [5.41, 5.74) is 0. The van der Waals surface area contributed by atoms with Crippen molar-refractivity contribution in [2.45, 2.75) is 13.3 Å². The van der Waals surface area contributed by atoms with Crippen molar-refractivity contribution in [3.8, 4) is 0 Å². The molecule has 0 aliphatic rings. The molecule has 0 aromatic rings. The summed E-state index contributed by atoms with van der Waals surface area (Å²) in [7, 11) is -3.25. The molecule has 3 nitrogen and oxygen atoms in total. The van der Waals surface area contributed by atoms with E-state index in [1.807, 2.05) is 6.92 Å². The summed E-state index contributed by atoms with van der Waals surface area (Å²) in [5, 5.41) is 4.71. The molecule has 0 rings (SSSR count). The standard InChI is InChI=1S/C5H11NO2S/c1-2-3-4-5-9(6,7)8/h2-3H,4-5H2,1H3,(H2,6,7,8). The molecule has 2 N–H and O–H groups in total. The lowest BCUT2D eigenvalue weighted by molar-refractivity contribution is 0.597. The van der Waals surface area contributed by atoms with E-state index in [2.05, 4.69) is 0 Å². The monoisotopic (exact) mass is 149 g/mol. The number of allylic oxidation sites excluding steroid dienone is 2. The van der Waals surface area contributed by atoms with Gasteiger partial charge in [0.25, 0.3) is 0 Å². The van der Waals surface area contributed by atoms with E-state index >= 15 is 0 Å². The molecule has 9 heavy (non-hydrogen) atoms. The molecule has 0 fully saturated rings. The second-order valence-corrected chi connectivity index (χ2v) is 3.46. The highest BCUT2D eigenvalue weighted by Gasteiger charge is 1.97. The van der Waals surface area contributed by atoms with Crippen molar-refractivity contribution in [2.75, 3.05) is 5.75 Å². The summed E-state index contributed by atoms with van der Waals surface area (Å²) in [5.74, 6) is 0.0390. The van der Waals surface area contributed by atoms with Gasteiger partial charge in [0.15, 0.2) is 0 Å². The van der Waals surface area contributed by atoms with Crippen LogP contribution in [0.15, 0.2) is 12.2 Å². The van der Waals surface area contributed by atoms with E-state index in [9.17, 15) is 8.42 Å². The van der Waals surface area contributed by atoms with Crippen LogP contribution in [-0.2, 0) is 10.0 Å². The second kappa shape index (κ2) is 3.63. The van der Waals surface area contributed by atoms with E-state index in [0.29, 0.717) is 6.42 Å². The minimum absolute atomic E-state index is 0.0390. The van der Waals surface area contributed by atoms with E-state index < -0.39 is 10.0 Å². The number of hydrogen-bond acceptors (Lipinski definition) is 2. The molecule has 0 spiro atoms. The van der Waals surface area contributed by atoms with Gasteiger partial charge < -0.3 is 0 Å². The average Bonchev–Trinajstić information content (AvgIpc) is 1.63. The third kappa shape index (κ3) is 7.65.